The highest BCUT2D eigenvalue weighted by Gasteiger charge is 2.31. The third-order valence-corrected chi connectivity index (χ3v) is 2.13. The second kappa shape index (κ2) is 5.92. The number of hydrogen-bond acceptors (Lipinski definition) is 2. The second-order valence-corrected chi connectivity index (χ2v) is 3.30. The fourth-order valence-electron chi connectivity index (χ4n) is 1.28. The fourth-order valence-corrected chi connectivity index (χ4v) is 1.28. The summed E-state index contributed by atoms with van der Waals surface area (Å²) in [6.45, 7) is 0. The van der Waals surface area contributed by atoms with E-state index in [-0.39, 0.29) is 0 Å². The maximum atomic E-state index is 12.5. The molecule has 1 aromatic rings. The zero-order chi connectivity index (χ0) is 13.6. The van der Waals surface area contributed by atoms with Gasteiger partial charge < -0.3 is 4.74 Å². The molecule has 0 aliphatic heterocycles. The molecule has 1 rings (SSSR count). The molecule has 0 aromatic heterocycles. The highest BCUT2D eigenvalue weighted by molar-refractivity contribution is 5.60. The second-order valence-electron chi connectivity index (χ2n) is 3.30. The monoisotopic (exact) mass is 253 g/mol. The van der Waals surface area contributed by atoms with Crippen molar-refractivity contribution < 1.29 is 17.9 Å². The molecule has 0 fully saturated rings. The molecule has 0 saturated carbocycles. The summed E-state index contributed by atoms with van der Waals surface area (Å²) in [5.74, 6) is 0.465. The van der Waals surface area contributed by atoms with Gasteiger partial charge in [0.1, 0.15) is 5.75 Å². The number of halogens is 3. The lowest BCUT2D eigenvalue weighted by Crippen LogP contribution is -2.09. The van der Waals surface area contributed by atoms with E-state index in [9.17, 15) is 13.2 Å². The van der Waals surface area contributed by atoms with E-state index in [1.807, 2.05) is 0 Å². The Morgan fingerprint density at radius 1 is 1.33 bits per heavy atom. The molecular weight excluding hydrogens is 243 g/mol. The van der Waals surface area contributed by atoms with Crippen LogP contribution in [0.15, 0.2) is 42.0 Å². The minimum absolute atomic E-state index is 0.464. The van der Waals surface area contributed by atoms with Crippen molar-refractivity contribution in [3.8, 4) is 11.8 Å². The standard InChI is InChI=1S/C13H10F3NO/c1-18-12-5-3-2-4-10(12)6-7-11(8-9-17)13(14,15)16/h2-8H,1H3/b7-6+,11-8+. The van der Waals surface area contributed by atoms with Crippen LogP contribution in [0.4, 0.5) is 13.2 Å². The molecule has 0 saturated heterocycles. The van der Waals surface area contributed by atoms with Gasteiger partial charge in [-0.3, -0.25) is 0 Å². The Bertz CT molecular complexity index is 510. The Kier molecular flexibility index (Phi) is 4.55. The van der Waals surface area contributed by atoms with E-state index in [1.165, 1.54) is 19.3 Å². The molecule has 1 aromatic carbocycles. The fraction of sp³-hybridized carbons (Fsp3) is 0.154. The zero-order valence-corrected chi connectivity index (χ0v) is 9.53. The van der Waals surface area contributed by atoms with Crippen molar-refractivity contribution in [1.82, 2.24) is 0 Å². The number of rotatable bonds is 3. The van der Waals surface area contributed by atoms with Crippen molar-refractivity contribution in [1.29, 1.82) is 5.26 Å². The molecule has 18 heavy (non-hydrogen) atoms. The Balaban J connectivity index is 3.05. The highest BCUT2D eigenvalue weighted by atomic mass is 19.4. The van der Waals surface area contributed by atoms with Crippen LogP contribution in [-0.4, -0.2) is 13.3 Å². The molecule has 0 aliphatic rings. The van der Waals surface area contributed by atoms with Gasteiger partial charge in [0.2, 0.25) is 0 Å². The summed E-state index contributed by atoms with van der Waals surface area (Å²) in [6, 6.07) is 8.03. The minimum Gasteiger partial charge on any atom is -0.496 e. The molecule has 0 amide bonds. The normalized spacial score (nSPS) is 12.5. The zero-order valence-electron chi connectivity index (χ0n) is 9.53. The number of methoxy groups -OCH3 is 1. The third kappa shape index (κ3) is 3.67. The van der Waals surface area contributed by atoms with Crippen LogP contribution in [0.5, 0.6) is 5.75 Å². The number of para-hydroxylation sites is 1. The van der Waals surface area contributed by atoms with Crippen LogP contribution >= 0.6 is 0 Å². The summed E-state index contributed by atoms with van der Waals surface area (Å²) in [5, 5.41) is 8.31. The molecule has 0 aliphatic carbocycles. The summed E-state index contributed by atoms with van der Waals surface area (Å²) < 4.78 is 42.5. The van der Waals surface area contributed by atoms with Gasteiger partial charge in [-0.15, -0.1) is 0 Å². The van der Waals surface area contributed by atoms with Gasteiger partial charge in [0.15, 0.2) is 0 Å². The summed E-state index contributed by atoms with van der Waals surface area (Å²) >= 11 is 0. The summed E-state index contributed by atoms with van der Waals surface area (Å²) in [4.78, 5) is 0. The lowest BCUT2D eigenvalue weighted by Gasteiger charge is -2.07. The molecule has 0 radical (unpaired) electrons. The van der Waals surface area contributed by atoms with E-state index >= 15 is 0 Å². The number of nitrogens with zero attached hydrogens (tertiary/aromatic N) is 1. The molecule has 2 nitrogen and oxygen atoms in total. The van der Waals surface area contributed by atoms with E-state index in [2.05, 4.69) is 0 Å². The van der Waals surface area contributed by atoms with Crippen LogP contribution in [0.1, 0.15) is 5.56 Å². The number of alkyl halides is 3. The summed E-state index contributed by atoms with van der Waals surface area (Å²) in [6.07, 6.45) is -1.98. The van der Waals surface area contributed by atoms with Crippen molar-refractivity contribution in [3.63, 3.8) is 0 Å². The summed E-state index contributed by atoms with van der Waals surface area (Å²) in [5.41, 5.74) is -0.496. The molecule has 0 heterocycles. The van der Waals surface area contributed by atoms with Gasteiger partial charge in [-0.2, -0.15) is 18.4 Å². The molecular formula is C13H10F3NO. The predicted molar refractivity (Wildman–Crippen MR) is 61.8 cm³/mol. The quantitative estimate of drug-likeness (QED) is 0.607. The first-order valence-electron chi connectivity index (χ1n) is 4.97. The maximum Gasteiger partial charge on any atom is 0.417 e. The van der Waals surface area contributed by atoms with Gasteiger partial charge in [0.25, 0.3) is 0 Å². The molecule has 0 atom stereocenters. The number of nitriles is 1. The van der Waals surface area contributed by atoms with Crippen molar-refractivity contribution in [3.05, 3.63) is 47.6 Å². The lowest BCUT2D eigenvalue weighted by molar-refractivity contribution is -0.0880. The van der Waals surface area contributed by atoms with Crippen LogP contribution in [0.3, 0.4) is 0 Å². The SMILES string of the molecule is COc1ccccc1/C=C/C(=C\C#N)C(F)(F)F. The maximum absolute atomic E-state index is 12.5. The average Bonchev–Trinajstić information content (AvgIpc) is 2.33. The Hall–Kier alpha value is -2.22. The van der Waals surface area contributed by atoms with E-state index in [0.717, 1.165) is 6.08 Å². The Labute approximate surface area is 103 Å². The van der Waals surface area contributed by atoms with Crippen LogP contribution in [0.25, 0.3) is 6.08 Å². The first kappa shape index (κ1) is 13.8. The van der Waals surface area contributed by atoms with Gasteiger partial charge in [-0.05, 0) is 12.1 Å². The molecule has 0 unspecified atom stereocenters. The van der Waals surface area contributed by atoms with Gasteiger partial charge in [0, 0.05) is 11.6 Å². The van der Waals surface area contributed by atoms with Crippen LogP contribution in [-0.2, 0) is 0 Å². The molecule has 94 valence electrons. The van der Waals surface area contributed by atoms with E-state index in [4.69, 9.17) is 10.00 Å². The highest BCUT2D eigenvalue weighted by Crippen LogP contribution is 2.28. The molecule has 0 spiro atoms. The van der Waals surface area contributed by atoms with Crippen molar-refractivity contribution in [2.45, 2.75) is 6.18 Å². The van der Waals surface area contributed by atoms with Crippen molar-refractivity contribution >= 4 is 6.08 Å². The number of benzene rings is 1. The van der Waals surface area contributed by atoms with E-state index < -0.39 is 11.7 Å². The minimum atomic E-state index is -4.55. The van der Waals surface area contributed by atoms with Gasteiger partial charge in [-0.25, -0.2) is 0 Å². The predicted octanol–water partition coefficient (Wildman–Crippen LogP) is 3.72. The van der Waals surface area contributed by atoms with Crippen LogP contribution in [0.2, 0.25) is 0 Å². The van der Waals surface area contributed by atoms with Crippen molar-refractivity contribution in [2.75, 3.05) is 7.11 Å². The molecule has 0 bridgehead atoms. The largest absolute Gasteiger partial charge is 0.496 e. The number of hydrogen-bond donors (Lipinski definition) is 0. The first-order chi connectivity index (χ1) is 8.49. The topological polar surface area (TPSA) is 33.0 Å². The van der Waals surface area contributed by atoms with Gasteiger partial charge in [0.05, 0.1) is 18.8 Å². The Morgan fingerprint density at radius 3 is 2.56 bits per heavy atom. The average molecular weight is 253 g/mol. The Morgan fingerprint density at radius 2 is 2.00 bits per heavy atom. The van der Waals surface area contributed by atoms with E-state index in [0.29, 0.717) is 17.4 Å². The molecule has 0 N–H and O–H groups in total. The lowest BCUT2D eigenvalue weighted by atomic mass is 10.1. The van der Waals surface area contributed by atoms with E-state index in [1.54, 1.807) is 24.3 Å². The smallest absolute Gasteiger partial charge is 0.417 e. The third-order valence-electron chi connectivity index (χ3n) is 2.13. The number of ether oxygens (including phenoxy) is 1. The summed E-state index contributed by atoms with van der Waals surface area (Å²) in [7, 11) is 1.43. The van der Waals surface area contributed by atoms with Crippen LogP contribution in [0, 0.1) is 11.3 Å². The van der Waals surface area contributed by atoms with Gasteiger partial charge in [-0.1, -0.05) is 24.3 Å². The number of allylic oxidation sites excluding steroid dienone is 3. The van der Waals surface area contributed by atoms with Gasteiger partial charge >= 0.3 is 6.18 Å². The van der Waals surface area contributed by atoms with Crippen molar-refractivity contribution in [2.24, 2.45) is 0 Å². The molecule has 5 heteroatoms. The first-order valence-corrected chi connectivity index (χ1v) is 4.97. The van der Waals surface area contributed by atoms with Crippen LogP contribution < -0.4 is 4.74 Å².